The van der Waals surface area contributed by atoms with Crippen LogP contribution in [-0.4, -0.2) is 9.61 Å². The summed E-state index contributed by atoms with van der Waals surface area (Å²) in [5.74, 6) is -0.210. The third-order valence-corrected chi connectivity index (χ3v) is 3.27. The molecule has 0 N–H and O–H groups in total. The fraction of sp³-hybridized carbons (Fsp3) is 0.300. The van der Waals surface area contributed by atoms with Crippen LogP contribution in [0.4, 0.5) is 4.39 Å². The van der Waals surface area contributed by atoms with E-state index in [0.717, 1.165) is 27.6 Å². The molecule has 0 aromatic carbocycles. The van der Waals surface area contributed by atoms with Gasteiger partial charge in [0.1, 0.15) is 5.82 Å². The van der Waals surface area contributed by atoms with Crippen molar-refractivity contribution in [1.82, 2.24) is 9.61 Å². The van der Waals surface area contributed by atoms with E-state index in [9.17, 15) is 4.39 Å². The van der Waals surface area contributed by atoms with Gasteiger partial charge in [0.2, 0.25) is 0 Å². The van der Waals surface area contributed by atoms with Gasteiger partial charge in [0.25, 0.3) is 0 Å². The molecule has 2 aromatic heterocycles. The molecule has 0 saturated carbocycles. The number of halogens is 2. The lowest BCUT2D eigenvalue weighted by Crippen LogP contribution is -1.88. The third-order valence-electron chi connectivity index (χ3n) is 2.09. The van der Waals surface area contributed by atoms with E-state index in [1.54, 1.807) is 10.7 Å². The molecule has 0 aliphatic carbocycles. The summed E-state index contributed by atoms with van der Waals surface area (Å²) in [5.41, 5.74) is 1.91. The molecule has 0 bridgehead atoms. The number of fused-ring (bicyclic) bond motifs is 1. The molecule has 2 heterocycles. The first-order valence-corrected chi connectivity index (χ1v) is 5.62. The van der Waals surface area contributed by atoms with E-state index in [4.69, 9.17) is 0 Å². The molecule has 14 heavy (non-hydrogen) atoms. The molecule has 2 nitrogen and oxygen atoms in total. The van der Waals surface area contributed by atoms with Gasteiger partial charge in [-0.2, -0.15) is 5.10 Å². The van der Waals surface area contributed by atoms with Crippen molar-refractivity contribution < 1.29 is 4.39 Å². The van der Waals surface area contributed by atoms with Crippen LogP contribution >= 0.6 is 22.6 Å². The van der Waals surface area contributed by atoms with Crippen molar-refractivity contribution in [2.75, 3.05) is 0 Å². The normalized spacial score (nSPS) is 11.1. The minimum atomic E-state index is -0.210. The number of rotatable bonds is 2. The molecule has 0 amide bonds. The third kappa shape index (κ3) is 1.63. The summed E-state index contributed by atoms with van der Waals surface area (Å²) in [7, 11) is 0. The highest BCUT2D eigenvalue weighted by Gasteiger charge is 2.09. The molecule has 74 valence electrons. The topological polar surface area (TPSA) is 17.3 Å². The summed E-state index contributed by atoms with van der Waals surface area (Å²) in [5, 5.41) is 4.39. The highest BCUT2D eigenvalue weighted by molar-refractivity contribution is 14.1. The summed E-state index contributed by atoms with van der Waals surface area (Å²) >= 11 is 2.22. The van der Waals surface area contributed by atoms with E-state index >= 15 is 0 Å². The van der Waals surface area contributed by atoms with E-state index in [2.05, 4.69) is 34.6 Å². The van der Waals surface area contributed by atoms with Gasteiger partial charge in [-0.3, -0.25) is 0 Å². The minimum absolute atomic E-state index is 0.210. The van der Waals surface area contributed by atoms with Crippen molar-refractivity contribution in [1.29, 1.82) is 0 Å². The summed E-state index contributed by atoms with van der Waals surface area (Å²) < 4.78 is 15.8. The quantitative estimate of drug-likeness (QED) is 0.780. The summed E-state index contributed by atoms with van der Waals surface area (Å²) in [4.78, 5) is 0. The van der Waals surface area contributed by atoms with Crippen LogP contribution < -0.4 is 0 Å². The van der Waals surface area contributed by atoms with E-state index in [1.165, 1.54) is 12.1 Å². The smallest absolute Gasteiger partial charge is 0.126 e. The second-order valence-electron chi connectivity index (χ2n) is 3.19. The van der Waals surface area contributed by atoms with Gasteiger partial charge in [-0.1, -0.05) is 13.3 Å². The molecular formula is C10H10FIN2. The van der Waals surface area contributed by atoms with Gasteiger partial charge in [-0.25, -0.2) is 8.91 Å². The van der Waals surface area contributed by atoms with Crippen LogP contribution in [0, 0.1) is 9.39 Å². The van der Waals surface area contributed by atoms with Crippen molar-refractivity contribution in [2.45, 2.75) is 19.8 Å². The number of nitrogens with zero attached hydrogens (tertiary/aromatic N) is 2. The maximum atomic E-state index is 13.0. The van der Waals surface area contributed by atoms with Crippen molar-refractivity contribution in [3.8, 4) is 0 Å². The molecule has 0 atom stereocenters. The van der Waals surface area contributed by atoms with Gasteiger partial charge in [0, 0.05) is 12.3 Å². The van der Waals surface area contributed by atoms with Gasteiger partial charge in [0.05, 0.1) is 14.8 Å². The Balaban J connectivity index is 2.62. The maximum Gasteiger partial charge on any atom is 0.126 e. The Morgan fingerprint density at radius 1 is 1.57 bits per heavy atom. The Morgan fingerprint density at radius 2 is 2.36 bits per heavy atom. The molecule has 0 saturated heterocycles. The number of aromatic nitrogens is 2. The second-order valence-corrected chi connectivity index (χ2v) is 4.26. The van der Waals surface area contributed by atoms with Crippen LogP contribution in [0.15, 0.2) is 18.3 Å². The summed E-state index contributed by atoms with van der Waals surface area (Å²) in [6.07, 6.45) is 3.66. The first-order valence-electron chi connectivity index (χ1n) is 4.54. The minimum Gasteiger partial charge on any atom is -0.239 e. The SMILES string of the molecule is CCCc1nn2ccc(F)cc2c1I. The summed E-state index contributed by atoms with van der Waals surface area (Å²) in [6.45, 7) is 2.11. The molecule has 0 aliphatic heterocycles. The van der Waals surface area contributed by atoms with E-state index in [0.29, 0.717) is 0 Å². The van der Waals surface area contributed by atoms with Crippen molar-refractivity contribution >= 4 is 28.1 Å². The van der Waals surface area contributed by atoms with Crippen LogP contribution in [-0.2, 0) is 6.42 Å². The van der Waals surface area contributed by atoms with Gasteiger partial charge >= 0.3 is 0 Å². The second kappa shape index (κ2) is 3.84. The average Bonchev–Trinajstić information content (AvgIpc) is 2.46. The highest BCUT2D eigenvalue weighted by atomic mass is 127. The molecule has 0 radical (unpaired) electrons. The van der Waals surface area contributed by atoms with Gasteiger partial charge < -0.3 is 0 Å². The zero-order valence-corrected chi connectivity index (χ0v) is 9.95. The van der Waals surface area contributed by atoms with E-state index < -0.39 is 0 Å². The van der Waals surface area contributed by atoms with E-state index in [-0.39, 0.29) is 5.82 Å². The molecule has 0 fully saturated rings. The summed E-state index contributed by atoms with van der Waals surface area (Å²) in [6, 6.07) is 2.94. The van der Waals surface area contributed by atoms with Crippen LogP contribution in [0.3, 0.4) is 0 Å². The predicted molar refractivity (Wildman–Crippen MR) is 61.9 cm³/mol. The average molecular weight is 304 g/mol. The molecule has 0 aliphatic rings. The first-order chi connectivity index (χ1) is 6.72. The number of hydrogen-bond donors (Lipinski definition) is 0. The molecule has 2 rings (SSSR count). The Morgan fingerprint density at radius 3 is 3.07 bits per heavy atom. The number of aryl methyl sites for hydroxylation is 1. The van der Waals surface area contributed by atoms with Crippen LogP contribution in [0.5, 0.6) is 0 Å². The Labute approximate surface area is 95.3 Å². The predicted octanol–water partition coefficient (Wildman–Crippen LogP) is 3.03. The monoisotopic (exact) mass is 304 g/mol. The van der Waals surface area contributed by atoms with Crippen LogP contribution in [0.2, 0.25) is 0 Å². The Hall–Kier alpha value is -0.650. The molecule has 2 aromatic rings. The molecule has 4 heteroatoms. The lowest BCUT2D eigenvalue weighted by molar-refractivity contribution is 0.625. The number of hydrogen-bond acceptors (Lipinski definition) is 1. The standard InChI is InChI=1S/C10H10FIN2/c1-2-3-8-10(12)9-6-7(11)4-5-14(9)13-8/h4-6H,2-3H2,1H3. The maximum absolute atomic E-state index is 13.0. The zero-order valence-electron chi connectivity index (χ0n) is 7.80. The lowest BCUT2D eigenvalue weighted by Gasteiger charge is -1.91. The molecule has 0 spiro atoms. The largest absolute Gasteiger partial charge is 0.239 e. The molecular weight excluding hydrogens is 294 g/mol. The highest BCUT2D eigenvalue weighted by Crippen LogP contribution is 2.19. The van der Waals surface area contributed by atoms with Gasteiger partial charge in [-0.05, 0) is 35.1 Å². The van der Waals surface area contributed by atoms with Crippen molar-refractivity contribution in [3.63, 3.8) is 0 Å². The number of pyridine rings is 1. The van der Waals surface area contributed by atoms with Crippen LogP contribution in [0.1, 0.15) is 19.0 Å². The zero-order chi connectivity index (χ0) is 10.1. The lowest BCUT2D eigenvalue weighted by atomic mass is 10.2. The van der Waals surface area contributed by atoms with E-state index in [1.807, 2.05) is 0 Å². The van der Waals surface area contributed by atoms with Gasteiger partial charge in [0.15, 0.2) is 0 Å². The van der Waals surface area contributed by atoms with Gasteiger partial charge in [-0.15, -0.1) is 0 Å². The van der Waals surface area contributed by atoms with Crippen molar-refractivity contribution in [3.05, 3.63) is 33.4 Å². The first kappa shape index (κ1) is 9.89. The van der Waals surface area contributed by atoms with Crippen LogP contribution in [0.25, 0.3) is 5.52 Å². The van der Waals surface area contributed by atoms with Crippen molar-refractivity contribution in [2.24, 2.45) is 0 Å². The fourth-order valence-electron chi connectivity index (χ4n) is 1.44. The fourth-order valence-corrected chi connectivity index (χ4v) is 2.22. The Kier molecular flexibility index (Phi) is 2.71. The molecule has 0 unspecified atom stereocenters. The Bertz CT molecular complexity index is 464.